The van der Waals surface area contributed by atoms with E-state index in [-0.39, 0.29) is 11.3 Å². The quantitative estimate of drug-likeness (QED) is 0.848. The largest absolute Gasteiger partial charge is 0.478 e. The van der Waals surface area contributed by atoms with Gasteiger partial charge >= 0.3 is 11.7 Å². The van der Waals surface area contributed by atoms with Gasteiger partial charge in [0.2, 0.25) is 0 Å². The van der Waals surface area contributed by atoms with E-state index in [1.54, 1.807) is 18.4 Å². The molecule has 1 heterocycles. The van der Waals surface area contributed by atoms with Crippen molar-refractivity contribution in [3.8, 4) is 0 Å². The van der Waals surface area contributed by atoms with E-state index >= 15 is 0 Å². The molecule has 0 aliphatic carbocycles. The second-order valence-electron chi connectivity index (χ2n) is 4.22. The summed E-state index contributed by atoms with van der Waals surface area (Å²) in [7, 11) is -0.899. The van der Waals surface area contributed by atoms with Crippen LogP contribution in [-0.2, 0) is 17.3 Å². The van der Waals surface area contributed by atoms with Crippen LogP contribution in [0.15, 0.2) is 23.0 Å². The van der Waals surface area contributed by atoms with Gasteiger partial charge < -0.3 is 10.1 Å². The maximum atomic E-state index is 11.8. The Morgan fingerprint density at radius 3 is 2.84 bits per heavy atom. The predicted octanol–water partition coefficient (Wildman–Crippen LogP) is 0.796. The lowest BCUT2D eigenvalue weighted by molar-refractivity contribution is 0.0699. The van der Waals surface area contributed by atoms with Crippen LogP contribution in [0.25, 0.3) is 11.0 Å². The van der Waals surface area contributed by atoms with Crippen molar-refractivity contribution < 1.29 is 14.1 Å². The molecule has 1 atom stereocenters. The van der Waals surface area contributed by atoms with E-state index in [1.807, 2.05) is 0 Å². The van der Waals surface area contributed by atoms with Crippen molar-refractivity contribution >= 4 is 27.8 Å². The van der Waals surface area contributed by atoms with E-state index in [4.69, 9.17) is 5.11 Å². The molecule has 19 heavy (non-hydrogen) atoms. The fourth-order valence-electron chi connectivity index (χ4n) is 2.01. The molecule has 1 aromatic carbocycles. The molecule has 2 aromatic rings. The van der Waals surface area contributed by atoms with Gasteiger partial charge in [-0.3, -0.25) is 8.78 Å². The van der Waals surface area contributed by atoms with Gasteiger partial charge in [0, 0.05) is 29.4 Å². The number of fused-ring (bicyclic) bond motifs is 1. The molecule has 1 unspecified atom stereocenters. The molecule has 0 aliphatic heterocycles. The molecule has 0 bridgehead atoms. The summed E-state index contributed by atoms with van der Waals surface area (Å²) in [6, 6.07) is 4.75. The molecule has 6 nitrogen and oxygen atoms in total. The molecular weight excluding hydrogens is 268 g/mol. The number of aromatic nitrogens is 2. The van der Waals surface area contributed by atoms with Crippen molar-refractivity contribution in [1.82, 2.24) is 9.55 Å². The Balaban J connectivity index is 2.42. The number of carbonyl (C=O) groups is 1. The predicted molar refractivity (Wildman–Crippen MR) is 73.1 cm³/mol. The van der Waals surface area contributed by atoms with E-state index < -0.39 is 16.8 Å². The van der Waals surface area contributed by atoms with Crippen LogP contribution >= 0.6 is 0 Å². The van der Waals surface area contributed by atoms with E-state index in [0.29, 0.717) is 29.8 Å². The van der Waals surface area contributed by atoms with Gasteiger partial charge in [0.05, 0.1) is 16.6 Å². The highest BCUT2D eigenvalue weighted by Crippen LogP contribution is 2.15. The molecule has 1 aromatic heterocycles. The Morgan fingerprint density at radius 2 is 2.21 bits per heavy atom. The maximum absolute atomic E-state index is 11.8. The molecule has 0 saturated heterocycles. The van der Waals surface area contributed by atoms with Gasteiger partial charge in [-0.05, 0) is 18.6 Å². The lowest BCUT2D eigenvalue weighted by Gasteiger charge is -2.03. The first-order valence-electron chi connectivity index (χ1n) is 5.75. The zero-order valence-corrected chi connectivity index (χ0v) is 11.2. The van der Waals surface area contributed by atoms with Crippen LogP contribution in [0.3, 0.4) is 0 Å². The number of para-hydroxylation sites is 1. The number of imidazole rings is 1. The molecule has 0 fully saturated rings. The average molecular weight is 282 g/mol. The van der Waals surface area contributed by atoms with Crippen molar-refractivity contribution in [1.29, 1.82) is 0 Å². The summed E-state index contributed by atoms with van der Waals surface area (Å²) in [6.07, 6.45) is 2.22. The Kier molecular flexibility index (Phi) is 3.84. The van der Waals surface area contributed by atoms with Gasteiger partial charge in [-0.1, -0.05) is 6.07 Å². The highest BCUT2D eigenvalue weighted by molar-refractivity contribution is 7.84. The van der Waals surface area contributed by atoms with Crippen molar-refractivity contribution in [3.05, 3.63) is 34.2 Å². The van der Waals surface area contributed by atoms with Crippen LogP contribution in [-0.4, -0.2) is 36.8 Å². The zero-order chi connectivity index (χ0) is 14.0. The second-order valence-corrected chi connectivity index (χ2v) is 5.77. The number of hydrogen-bond donors (Lipinski definition) is 2. The fraction of sp³-hybridized carbons (Fsp3) is 0.333. The van der Waals surface area contributed by atoms with Crippen LogP contribution < -0.4 is 5.69 Å². The molecule has 0 amide bonds. The zero-order valence-electron chi connectivity index (χ0n) is 10.4. The minimum atomic E-state index is -1.08. The average Bonchev–Trinajstić information content (AvgIpc) is 2.65. The molecule has 0 saturated carbocycles. The Morgan fingerprint density at radius 1 is 1.47 bits per heavy atom. The number of aryl methyl sites for hydroxylation is 1. The van der Waals surface area contributed by atoms with Crippen molar-refractivity contribution in [3.63, 3.8) is 0 Å². The van der Waals surface area contributed by atoms with E-state index in [9.17, 15) is 13.8 Å². The van der Waals surface area contributed by atoms with Crippen LogP contribution in [0.2, 0.25) is 0 Å². The number of H-pyrrole nitrogens is 1. The number of hydrogen-bond acceptors (Lipinski definition) is 3. The van der Waals surface area contributed by atoms with Gasteiger partial charge in [0.1, 0.15) is 0 Å². The number of carboxylic acid groups (broad SMARTS) is 1. The number of nitrogens with zero attached hydrogens (tertiary/aromatic N) is 1. The highest BCUT2D eigenvalue weighted by Gasteiger charge is 2.13. The Bertz CT molecular complexity index is 701. The minimum absolute atomic E-state index is 0.0763. The standard InChI is InChI=1S/C12H14N2O4S/c1-19(18)7-3-6-14-9-5-2-4-8(11(15)16)10(9)13-12(14)17/h2,4-5H,3,6-7H2,1H3,(H,13,17)(H,15,16). The van der Waals surface area contributed by atoms with Gasteiger partial charge in [-0.15, -0.1) is 0 Å². The molecular formula is C12H14N2O4S. The van der Waals surface area contributed by atoms with Crippen LogP contribution in [0.1, 0.15) is 16.8 Å². The molecule has 0 spiro atoms. The summed E-state index contributed by atoms with van der Waals surface area (Å²) in [5, 5.41) is 9.06. The third-order valence-corrected chi connectivity index (χ3v) is 3.72. The monoisotopic (exact) mass is 282 g/mol. The number of nitrogens with one attached hydrogen (secondary N) is 1. The number of aromatic amines is 1. The first-order valence-corrected chi connectivity index (χ1v) is 7.48. The van der Waals surface area contributed by atoms with Crippen LogP contribution in [0, 0.1) is 0 Å². The summed E-state index contributed by atoms with van der Waals surface area (Å²) in [4.78, 5) is 25.5. The van der Waals surface area contributed by atoms with Gasteiger partial charge in [-0.2, -0.15) is 0 Å². The summed E-state index contributed by atoms with van der Waals surface area (Å²) >= 11 is 0. The first kappa shape index (κ1) is 13.5. The van der Waals surface area contributed by atoms with Crippen molar-refractivity contribution in [2.75, 3.05) is 12.0 Å². The van der Waals surface area contributed by atoms with Gasteiger partial charge in [-0.25, -0.2) is 9.59 Å². The molecule has 2 N–H and O–H groups in total. The number of aromatic carboxylic acids is 1. The normalized spacial score (nSPS) is 12.7. The lowest BCUT2D eigenvalue weighted by Crippen LogP contribution is -2.17. The molecule has 7 heteroatoms. The smallest absolute Gasteiger partial charge is 0.337 e. The summed E-state index contributed by atoms with van der Waals surface area (Å²) in [5.41, 5.74) is 0.627. The van der Waals surface area contributed by atoms with Crippen molar-refractivity contribution in [2.45, 2.75) is 13.0 Å². The molecule has 2 rings (SSSR count). The maximum Gasteiger partial charge on any atom is 0.337 e. The number of rotatable bonds is 5. The van der Waals surface area contributed by atoms with Crippen LogP contribution in [0.4, 0.5) is 0 Å². The van der Waals surface area contributed by atoms with Crippen molar-refractivity contribution in [2.24, 2.45) is 0 Å². The summed E-state index contributed by atoms with van der Waals surface area (Å²) in [6.45, 7) is 0.418. The topological polar surface area (TPSA) is 92.2 Å². The second kappa shape index (κ2) is 5.40. The van der Waals surface area contributed by atoms with Gasteiger partial charge in [0.25, 0.3) is 0 Å². The summed E-state index contributed by atoms with van der Waals surface area (Å²) in [5.74, 6) is -0.564. The van der Waals surface area contributed by atoms with E-state index in [2.05, 4.69) is 4.98 Å². The van der Waals surface area contributed by atoms with Gasteiger partial charge in [0.15, 0.2) is 0 Å². The third-order valence-electron chi connectivity index (χ3n) is 2.85. The minimum Gasteiger partial charge on any atom is -0.478 e. The lowest BCUT2D eigenvalue weighted by atomic mass is 10.2. The molecule has 0 aliphatic rings. The van der Waals surface area contributed by atoms with Crippen LogP contribution in [0.5, 0.6) is 0 Å². The SMILES string of the molecule is CS(=O)CCCn1c(=O)[nH]c2c(C(=O)O)cccc21. The number of carboxylic acids is 1. The number of benzene rings is 1. The molecule has 102 valence electrons. The Labute approximate surface area is 111 Å². The third kappa shape index (κ3) is 2.76. The van der Waals surface area contributed by atoms with E-state index in [0.717, 1.165) is 0 Å². The highest BCUT2D eigenvalue weighted by atomic mass is 32.2. The summed E-state index contributed by atoms with van der Waals surface area (Å²) < 4.78 is 12.5. The Hall–Kier alpha value is -1.89. The van der Waals surface area contributed by atoms with E-state index in [1.165, 1.54) is 10.6 Å². The first-order chi connectivity index (χ1) is 9.00. The fourth-order valence-corrected chi connectivity index (χ4v) is 2.54. The molecule has 0 radical (unpaired) electrons.